The fraction of sp³-hybridized carbons (Fsp3) is 0.312. The van der Waals surface area contributed by atoms with E-state index in [0.29, 0.717) is 13.1 Å². The number of sulfonamides is 1. The first-order valence-electron chi connectivity index (χ1n) is 7.55. The van der Waals surface area contributed by atoms with Crippen molar-refractivity contribution in [3.05, 3.63) is 53.8 Å². The summed E-state index contributed by atoms with van der Waals surface area (Å²) in [7, 11) is -2.43. The topological polar surface area (TPSA) is 106 Å². The molecule has 0 aliphatic carbocycles. The van der Waals surface area contributed by atoms with Crippen molar-refractivity contribution in [2.24, 2.45) is 5.73 Å². The molecular weight excluding hydrogens is 330 g/mol. The van der Waals surface area contributed by atoms with Gasteiger partial charge in [0, 0.05) is 25.0 Å². The Bertz CT molecular complexity index is 832. The number of nitrogens with zero attached hydrogens (tertiary/aromatic N) is 1. The van der Waals surface area contributed by atoms with Gasteiger partial charge in [-0.15, -0.1) is 0 Å². The number of nitrogens with two attached hydrogens (primary N) is 1. The summed E-state index contributed by atoms with van der Waals surface area (Å²) in [6.45, 7) is 0.867. The van der Waals surface area contributed by atoms with Crippen LogP contribution in [0.3, 0.4) is 0 Å². The number of amides is 1. The Morgan fingerprint density at radius 1 is 1.21 bits per heavy atom. The molecule has 1 amide bonds. The number of rotatable bonds is 4. The van der Waals surface area contributed by atoms with Crippen molar-refractivity contribution >= 4 is 15.9 Å². The largest absolute Gasteiger partial charge is 0.438 e. The summed E-state index contributed by atoms with van der Waals surface area (Å²) in [6, 6.07) is 12.2. The van der Waals surface area contributed by atoms with Crippen LogP contribution < -0.4 is 10.5 Å². The Morgan fingerprint density at radius 3 is 2.58 bits per heavy atom. The number of furan rings is 1. The highest BCUT2D eigenvalue weighted by Crippen LogP contribution is 2.28. The van der Waals surface area contributed by atoms with Crippen LogP contribution in [0.5, 0.6) is 0 Å². The van der Waals surface area contributed by atoms with Gasteiger partial charge in [-0.2, -0.15) is 0 Å². The normalized spacial score (nSPS) is 21.2. The van der Waals surface area contributed by atoms with E-state index in [0.717, 1.165) is 5.56 Å². The summed E-state index contributed by atoms with van der Waals surface area (Å²) in [5.41, 5.74) is 7.26. The molecule has 0 saturated carbocycles. The zero-order valence-corrected chi connectivity index (χ0v) is 14.0. The van der Waals surface area contributed by atoms with E-state index in [1.807, 2.05) is 30.3 Å². The lowest BCUT2D eigenvalue weighted by Gasteiger charge is -2.15. The molecule has 0 radical (unpaired) electrons. The number of nitrogens with one attached hydrogen (secondary N) is 1. The first kappa shape index (κ1) is 16.7. The van der Waals surface area contributed by atoms with Crippen molar-refractivity contribution in [3.8, 4) is 0 Å². The Hall–Kier alpha value is -2.16. The van der Waals surface area contributed by atoms with Crippen LogP contribution >= 0.6 is 0 Å². The minimum atomic E-state index is -3.71. The first-order chi connectivity index (χ1) is 11.4. The number of carbonyl (C=O) groups excluding carboxylic acids is 1. The van der Waals surface area contributed by atoms with Gasteiger partial charge in [0.15, 0.2) is 5.76 Å². The maximum Gasteiger partial charge on any atom is 0.289 e. The maximum atomic E-state index is 12.6. The molecule has 0 bridgehead atoms. The smallest absolute Gasteiger partial charge is 0.289 e. The Kier molecular flexibility index (Phi) is 4.44. The zero-order chi connectivity index (χ0) is 17.3. The summed E-state index contributed by atoms with van der Waals surface area (Å²) in [4.78, 5) is 14.2. The molecule has 1 aliphatic rings. The summed E-state index contributed by atoms with van der Waals surface area (Å²) >= 11 is 0. The molecule has 2 atom stereocenters. The van der Waals surface area contributed by atoms with Crippen LogP contribution in [-0.2, 0) is 10.0 Å². The van der Waals surface area contributed by atoms with Gasteiger partial charge in [-0.3, -0.25) is 4.79 Å². The van der Waals surface area contributed by atoms with Gasteiger partial charge in [0.05, 0.1) is 0 Å². The maximum absolute atomic E-state index is 12.6. The lowest BCUT2D eigenvalue weighted by Crippen LogP contribution is -2.32. The molecule has 2 heterocycles. The molecule has 3 N–H and O–H groups in total. The number of likely N-dealkylation sites (tertiary alicyclic amines) is 1. The van der Waals surface area contributed by atoms with Crippen LogP contribution in [0.2, 0.25) is 0 Å². The lowest BCUT2D eigenvalue weighted by atomic mass is 9.95. The van der Waals surface area contributed by atoms with Crippen molar-refractivity contribution in [3.63, 3.8) is 0 Å². The van der Waals surface area contributed by atoms with Gasteiger partial charge < -0.3 is 15.1 Å². The van der Waals surface area contributed by atoms with Crippen LogP contribution in [0.1, 0.15) is 22.0 Å². The Balaban J connectivity index is 1.77. The van der Waals surface area contributed by atoms with E-state index >= 15 is 0 Å². The van der Waals surface area contributed by atoms with E-state index in [2.05, 4.69) is 4.72 Å². The second-order valence-electron chi connectivity index (χ2n) is 5.72. The summed E-state index contributed by atoms with van der Waals surface area (Å²) in [5.74, 6) is -0.322. The van der Waals surface area contributed by atoms with E-state index in [4.69, 9.17) is 10.2 Å². The zero-order valence-electron chi connectivity index (χ0n) is 13.2. The SMILES string of the molecule is CNS(=O)(=O)c1ccc(C(=O)N2C[C@@H](N)[C@H](c3ccccc3)C2)o1. The standard InChI is InChI=1S/C16H19N3O4S/c1-18-24(21,22)15-8-7-14(23-15)16(20)19-9-12(13(17)10-19)11-5-3-2-4-6-11/h2-8,12-13,18H,9-10,17H2,1H3/t12-,13+/m0/s1. The molecule has 3 rings (SSSR count). The molecule has 1 aromatic heterocycles. The van der Waals surface area contributed by atoms with Crippen molar-refractivity contribution in [1.29, 1.82) is 0 Å². The molecule has 24 heavy (non-hydrogen) atoms. The van der Waals surface area contributed by atoms with Crippen LogP contribution in [0, 0.1) is 0 Å². The quantitative estimate of drug-likeness (QED) is 0.847. The molecule has 1 aromatic carbocycles. The van der Waals surface area contributed by atoms with E-state index in [1.165, 1.54) is 19.2 Å². The molecule has 8 heteroatoms. The lowest BCUT2D eigenvalue weighted by molar-refractivity contribution is 0.0751. The summed E-state index contributed by atoms with van der Waals surface area (Å²) < 4.78 is 30.8. The summed E-state index contributed by atoms with van der Waals surface area (Å²) in [6.07, 6.45) is 0. The molecule has 0 unspecified atom stereocenters. The number of carbonyl (C=O) groups is 1. The molecule has 1 aliphatic heterocycles. The predicted molar refractivity (Wildman–Crippen MR) is 88.0 cm³/mol. The van der Waals surface area contributed by atoms with Crippen molar-refractivity contribution < 1.29 is 17.6 Å². The molecule has 7 nitrogen and oxygen atoms in total. The average molecular weight is 349 g/mol. The van der Waals surface area contributed by atoms with E-state index in [1.54, 1.807) is 4.90 Å². The number of benzene rings is 1. The highest BCUT2D eigenvalue weighted by molar-refractivity contribution is 7.89. The van der Waals surface area contributed by atoms with Gasteiger partial charge in [-0.1, -0.05) is 30.3 Å². The van der Waals surface area contributed by atoms with Crippen LogP contribution in [-0.4, -0.2) is 45.4 Å². The molecule has 128 valence electrons. The van der Waals surface area contributed by atoms with Gasteiger partial charge in [-0.05, 0) is 24.7 Å². The van der Waals surface area contributed by atoms with E-state index < -0.39 is 10.0 Å². The van der Waals surface area contributed by atoms with Crippen LogP contribution in [0.4, 0.5) is 0 Å². The van der Waals surface area contributed by atoms with Gasteiger partial charge in [-0.25, -0.2) is 13.1 Å². The summed E-state index contributed by atoms with van der Waals surface area (Å²) in [5, 5.41) is -0.281. The first-order valence-corrected chi connectivity index (χ1v) is 9.04. The third kappa shape index (κ3) is 3.08. The molecule has 1 fully saturated rings. The fourth-order valence-electron chi connectivity index (χ4n) is 2.88. The molecule has 0 spiro atoms. The highest BCUT2D eigenvalue weighted by Gasteiger charge is 2.35. The average Bonchev–Trinajstić information content (AvgIpc) is 3.22. The second kappa shape index (κ2) is 6.39. The van der Waals surface area contributed by atoms with Gasteiger partial charge in [0.25, 0.3) is 15.9 Å². The Labute approximate surface area is 140 Å². The predicted octanol–water partition coefficient (Wildman–Crippen LogP) is 0.755. The van der Waals surface area contributed by atoms with Crippen molar-refractivity contribution in [2.75, 3.05) is 20.1 Å². The van der Waals surface area contributed by atoms with Crippen molar-refractivity contribution in [1.82, 2.24) is 9.62 Å². The Morgan fingerprint density at radius 2 is 1.92 bits per heavy atom. The van der Waals surface area contributed by atoms with Gasteiger partial charge in [0.1, 0.15) is 0 Å². The van der Waals surface area contributed by atoms with Gasteiger partial charge in [0.2, 0.25) is 5.09 Å². The third-order valence-electron chi connectivity index (χ3n) is 4.21. The van der Waals surface area contributed by atoms with Crippen LogP contribution in [0.15, 0.2) is 52.0 Å². The fourth-order valence-corrected chi connectivity index (χ4v) is 3.53. The second-order valence-corrected chi connectivity index (χ2v) is 7.53. The number of hydrogen-bond donors (Lipinski definition) is 2. The molecule has 2 aromatic rings. The van der Waals surface area contributed by atoms with Gasteiger partial charge >= 0.3 is 0 Å². The number of hydrogen-bond acceptors (Lipinski definition) is 5. The van der Waals surface area contributed by atoms with Crippen molar-refractivity contribution in [2.45, 2.75) is 17.1 Å². The minimum Gasteiger partial charge on any atom is -0.438 e. The van der Waals surface area contributed by atoms with E-state index in [-0.39, 0.29) is 28.7 Å². The van der Waals surface area contributed by atoms with E-state index in [9.17, 15) is 13.2 Å². The highest BCUT2D eigenvalue weighted by atomic mass is 32.2. The minimum absolute atomic E-state index is 0.00950. The molecule has 1 saturated heterocycles. The monoisotopic (exact) mass is 349 g/mol. The molecular formula is C16H19N3O4S. The van der Waals surface area contributed by atoms with Crippen LogP contribution in [0.25, 0.3) is 0 Å². The third-order valence-corrected chi connectivity index (χ3v) is 5.49.